The van der Waals surface area contributed by atoms with E-state index >= 15 is 0 Å². The van der Waals surface area contributed by atoms with Gasteiger partial charge < -0.3 is 5.73 Å². The Hall–Kier alpha value is 0.270. The van der Waals surface area contributed by atoms with Crippen molar-refractivity contribution in [2.75, 3.05) is 25.4 Å². The number of nitrogens with zero attached hydrogens (tertiary/aromatic N) is 1. The van der Waals surface area contributed by atoms with E-state index in [2.05, 4.69) is 44.4 Å². The van der Waals surface area contributed by atoms with Gasteiger partial charge in [-0.25, -0.2) is 0 Å². The van der Waals surface area contributed by atoms with Crippen molar-refractivity contribution < 1.29 is 0 Å². The summed E-state index contributed by atoms with van der Waals surface area (Å²) in [5, 5.41) is 0.764. The maximum Gasteiger partial charge on any atom is 0.0267 e. The molecule has 1 aliphatic rings. The Balaban J connectivity index is 2.60. The van der Waals surface area contributed by atoms with E-state index in [1.54, 1.807) is 0 Å². The smallest absolute Gasteiger partial charge is 0.0267 e. The second kappa shape index (κ2) is 4.86. The summed E-state index contributed by atoms with van der Waals surface area (Å²) < 4.78 is 0. The van der Waals surface area contributed by atoms with Crippen LogP contribution in [0.5, 0.6) is 0 Å². The molecule has 14 heavy (non-hydrogen) atoms. The molecule has 1 saturated heterocycles. The van der Waals surface area contributed by atoms with Crippen molar-refractivity contribution in [2.24, 2.45) is 11.1 Å². The van der Waals surface area contributed by atoms with Crippen LogP contribution in [-0.4, -0.2) is 41.6 Å². The van der Waals surface area contributed by atoms with Crippen molar-refractivity contribution in [1.82, 2.24) is 4.90 Å². The molecular weight excluding hydrogens is 192 g/mol. The van der Waals surface area contributed by atoms with Gasteiger partial charge in [0.05, 0.1) is 0 Å². The molecule has 0 amide bonds. The third-order valence-corrected chi connectivity index (χ3v) is 4.07. The number of hydrogen-bond acceptors (Lipinski definition) is 3. The molecule has 1 aliphatic heterocycles. The lowest BCUT2D eigenvalue weighted by Gasteiger charge is -2.43. The highest BCUT2D eigenvalue weighted by Crippen LogP contribution is 2.28. The van der Waals surface area contributed by atoms with Crippen LogP contribution >= 0.6 is 11.8 Å². The fourth-order valence-electron chi connectivity index (χ4n) is 2.18. The Morgan fingerprint density at radius 2 is 2.14 bits per heavy atom. The third kappa shape index (κ3) is 3.14. The molecule has 1 heterocycles. The van der Waals surface area contributed by atoms with E-state index in [0.29, 0.717) is 11.5 Å². The first-order valence-electron chi connectivity index (χ1n) is 5.51. The molecule has 0 aromatic carbocycles. The van der Waals surface area contributed by atoms with E-state index in [0.717, 1.165) is 11.8 Å². The lowest BCUT2D eigenvalue weighted by atomic mass is 9.85. The van der Waals surface area contributed by atoms with Crippen LogP contribution in [0.15, 0.2) is 0 Å². The highest BCUT2D eigenvalue weighted by Gasteiger charge is 2.31. The van der Waals surface area contributed by atoms with Gasteiger partial charge >= 0.3 is 0 Å². The number of thioether (sulfide) groups is 1. The molecule has 1 fully saturated rings. The first-order chi connectivity index (χ1) is 6.45. The van der Waals surface area contributed by atoms with Crippen molar-refractivity contribution >= 4 is 11.8 Å². The zero-order valence-electron chi connectivity index (χ0n) is 9.92. The van der Waals surface area contributed by atoms with Gasteiger partial charge in [0, 0.05) is 36.7 Å². The molecule has 0 radical (unpaired) electrons. The van der Waals surface area contributed by atoms with Gasteiger partial charge in [0.15, 0.2) is 0 Å². The van der Waals surface area contributed by atoms with Crippen LogP contribution in [0, 0.1) is 5.41 Å². The lowest BCUT2D eigenvalue weighted by Crippen LogP contribution is -2.52. The number of hydrogen-bond donors (Lipinski definition) is 1. The molecule has 2 N–H and O–H groups in total. The molecule has 0 saturated carbocycles. The maximum atomic E-state index is 5.89. The van der Waals surface area contributed by atoms with E-state index in [1.165, 1.54) is 18.8 Å². The summed E-state index contributed by atoms with van der Waals surface area (Å²) in [4.78, 5) is 2.57. The van der Waals surface area contributed by atoms with Crippen molar-refractivity contribution in [3.05, 3.63) is 0 Å². The minimum Gasteiger partial charge on any atom is -0.329 e. The zero-order valence-corrected chi connectivity index (χ0v) is 10.7. The van der Waals surface area contributed by atoms with Gasteiger partial charge in [-0.3, -0.25) is 4.90 Å². The average Bonchev–Trinajstić information content (AvgIpc) is 2.02. The zero-order chi connectivity index (χ0) is 10.8. The van der Waals surface area contributed by atoms with Gasteiger partial charge in [-0.1, -0.05) is 27.7 Å². The first-order valence-corrected chi connectivity index (χ1v) is 6.55. The monoisotopic (exact) mass is 216 g/mol. The molecule has 2 atom stereocenters. The quantitative estimate of drug-likeness (QED) is 0.763. The van der Waals surface area contributed by atoms with Crippen LogP contribution in [0.2, 0.25) is 0 Å². The van der Waals surface area contributed by atoms with E-state index < -0.39 is 0 Å². The summed E-state index contributed by atoms with van der Waals surface area (Å²) in [6.07, 6.45) is 0. The van der Waals surface area contributed by atoms with Gasteiger partial charge in [0.25, 0.3) is 0 Å². The predicted octanol–water partition coefficient (Wildman–Crippen LogP) is 1.80. The molecular formula is C11H24N2S. The predicted molar refractivity (Wildman–Crippen MR) is 65.8 cm³/mol. The van der Waals surface area contributed by atoms with Crippen molar-refractivity contribution in [3.63, 3.8) is 0 Å². The molecule has 0 aliphatic carbocycles. The third-order valence-electron chi connectivity index (χ3n) is 2.94. The van der Waals surface area contributed by atoms with Crippen LogP contribution in [0.3, 0.4) is 0 Å². The molecule has 2 unspecified atom stereocenters. The van der Waals surface area contributed by atoms with Gasteiger partial charge in [0.2, 0.25) is 0 Å². The fourth-order valence-corrected chi connectivity index (χ4v) is 3.22. The van der Waals surface area contributed by atoms with Crippen molar-refractivity contribution in [1.29, 1.82) is 0 Å². The lowest BCUT2D eigenvalue weighted by molar-refractivity contribution is 0.109. The fraction of sp³-hybridized carbons (Fsp3) is 1.00. The molecule has 0 spiro atoms. The second-order valence-corrected chi connectivity index (χ2v) is 6.84. The van der Waals surface area contributed by atoms with Gasteiger partial charge in [0.1, 0.15) is 0 Å². The molecule has 84 valence electrons. The standard InChI is InChI=1S/C11H24N2S/c1-9-8-13(5-6-14-9)10(7-12)11(2,3)4/h9-10H,5-8,12H2,1-4H3. The highest BCUT2D eigenvalue weighted by atomic mass is 32.2. The van der Waals surface area contributed by atoms with Crippen LogP contribution in [0.1, 0.15) is 27.7 Å². The minimum atomic E-state index is 0.302. The Morgan fingerprint density at radius 1 is 1.50 bits per heavy atom. The van der Waals surface area contributed by atoms with Crippen molar-refractivity contribution in [3.8, 4) is 0 Å². The van der Waals surface area contributed by atoms with E-state index in [-0.39, 0.29) is 0 Å². The van der Waals surface area contributed by atoms with E-state index in [9.17, 15) is 0 Å². The number of rotatable bonds is 2. The molecule has 0 aromatic rings. The van der Waals surface area contributed by atoms with Crippen LogP contribution < -0.4 is 5.73 Å². The average molecular weight is 216 g/mol. The normalized spacial score (nSPS) is 27.6. The van der Waals surface area contributed by atoms with Crippen LogP contribution in [-0.2, 0) is 0 Å². The molecule has 0 aromatic heterocycles. The van der Waals surface area contributed by atoms with E-state index in [4.69, 9.17) is 5.73 Å². The molecule has 0 bridgehead atoms. The van der Waals surface area contributed by atoms with Gasteiger partial charge in [-0.15, -0.1) is 0 Å². The topological polar surface area (TPSA) is 29.3 Å². The summed E-state index contributed by atoms with van der Waals surface area (Å²) in [6, 6.07) is 0.533. The van der Waals surface area contributed by atoms with Crippen LogP contribution in [0.4, 0.5) is 0 Å². The van der Waals surface area contributed by atoms with Crippen molar-refractivity contribution in [2.45, 2.75) is 39.0 Å². The summed E-state index contributed by atoms with van der Waals surface area (Å²) in [5.74, 6) is 1.26. The van der Waals surface area contributed by atoms with E-state index in [1.807, 2.05) is 0 Å². The maximum absolute atomic E-state index is 5.89. The summed E-state index contributed by atoms with van der Waals surface area (Å²) in [6.45, 7) is 12.4. The Bertz CT molecular complexity index is 177. The minimum absolute atomic E-state index is 0.302. The van der Waals surface area contributed by atoms with Crippen LogP contribution in [0.25, 0.3) is 0 Å². The second-order valence-electron chi connectivity index (χ2n) is 5.29. The first kappa shape index (κ1) is 12.3. The SMILES string of the molecule is CC1CN(C(CN)C(C)(C)C)CCS1. The Labute approximate surface area is 92.6 Å². The molecule has 1 rings (SSSR count). The largest absolute Gasteiger partial charge is 0.329 e. The molecule has 3 heteroatoms. The van der Waals surface area contributed by atoms with Gasteiger partial charge in [-0.05, 0) is 5.41 Å². The Kier molecular flexibility index (Phi) is 4.29. The highest BCUT2D eigenvalue weighted by molar-refractivity contribution is 7.99. The van der Waals surface area contributed by atoms with Gasteiger partial charge in [-0.2, -0.15) is 11.8 Å². The number of nitrogens with two attached hydrogens (primary N) is 1. The Morgan fingerprint density at radius 3 is 2.57 bits per heavy atom. The molecule has 2 nitrogen and oxygen atoms in total. The summed E-state index contributed by atoms with van der Waals surface area (Å²) in [5.41, 5.74) is 6.19. The summed E-state index contributed by atoms with van der Waals surface area (Å²) in [7, 11) is 0. The summed E-state index contributed by atoms with van der Waals surface area (Å²) >= 11 is 2.08.